The number of rotatable bonds is 7. The zero-order chi connectivity index (χ0) is 33.3. The van der Waals surface area contributed by atoms with Gasteiger partial charge in [-0.05, 0) is 87.2 Å². The van der Waals surface area contributed by atoms with Crippen LogP contribution in [0.5, 0.6) is 5.75 Å². The largest absolute Gasteiger partial charge is 0.506 e. The maximum atomic E-state index is 14.0. The van der Waals surface area contributed by atoms with Crippen molar-refractivity contribution in [2.24, 2.45) is 5.92 Å². The number of aromatic hydroxyl groups is 1. The highest BCUT2D eigenvalue weighted by molar-refractivity contribution is 7.14. The third kappa shape index (κ3) is 7.67. The van der Waals surface area contributed by atoms with Crippen molar-refractivity contribution in [3.05, 3.63) is 45.3 Å². The summed E-state index contributed by atoms with van der Waals surface area (Å²) in [7, 11) is 0. The summed E-state index contributed by atoms with van der Waals surface area (Å²) in [6, 6.07) is 4.28. The van der Waals surface area contributed by atoms with Crippen LogP contribution in [0.25, 0.3) is 0 Å². The topological polar surface area (TPSA) is 96.4 Å². The van der Waals surface area contributed by atoms with Gasteiger partial charge in [0.25, 0.3) is 0 Å². The van der Waals surface area contributed by atoms with Crippen LogP contribution in [0, 0.1) is 5.92 Å². The van der Waals surface area contributed by atoms with Gasteiger partial charge in [-0.2, -0.15) is 13.2 Å². The van der Waals surface area contributed by atoms with E-state index in [0.29, 0.717) is 51.6 Å². The number of amides is 4. The van der Waals surface area contributed by atoms with Crippen LogP contribution >= 0.6 is 22.9 Å². The second kappa shape index (κ2) is 14.2. The Morgan fingerprint density at radius 1 is 0.979 bits per heavy atom. The van der Waals surface area contributed by atoms with Gasteiger partial charge in [0.1, 0.15) is 10.8 Å². The summed E-state index contributed by atoms with van der Waals surface area (Å²) in [5, 5.41) is 15.3. The lowest BCUT2D eigenvalue weighted by molar-refractivity contribution is -0.143. The molecule has 4 aliphatic heterocycles. The van der Waals surface area contributed by atoms with Crippen molar-refractivity contribution in [3.8, 4) is 5.75 Å². The first-order chi connectivity index (χ1) is 22.5. The highest BCUT2D eigenvalue weighted by atomic mass is 35.5. The van der Waals surface area contributed by atoms with Crippen LogP contribution < -0.4 is 5.32 Å². The molecule has 2 aromatic rings. The van der Waals surface area contributed by atoms with Crippen molar-refractivity contribution in [2.45, 2.75) is 82.6 Å². The molecule has 1 atom stereocenters. The average molecular weight is 696 g/mol. The lowest BCUT2D eigenvalue weighted by atomic mass is 9.91. The number of halogens is 4. The van der Waals surface area contributed by atoms with Crippen LogP contribution in [0.1, 0.15) is 68.1 Å². The smallest absolute Gasteiger partial charge is 0.420 e. The Hall–Kier alpha value is -3.03. The zero-order valence-corrected chi connectivity index (χ0v) is 27.8. The van der Waals surface area contributed by atoms with Gasteiger partial charge in [0.2, 0.25) is 11.8 Å². The van der Waals surface area contributed by atoms with Crippen LogP contribution in [-0.2, 0) is 28.7 Å². The molecular formula is C33H41ClF3N5O4S. The van der Waals surface area contributed by atoms with Crippen LogP contribution in [-0.4, -0.2) is 93.9 Å². The molecule has 2 N–H and O–H groups in total. The van der Waals surface area contributed by atoms with Crippen molar-refractivity contribution in [1.82, 2.24) is 19.6 Å². The van der Waals surface area contributed by atoms with Crippen LogP contribution in [0.15, 0.2) is 23.6 Å². The second-order valence-corrected chi connectivity index (χ2v) is 14.5. The van der Waals surface area contributed by atoms with Gasteiger partial charge in [-0.1, -0.05) is 18.0 Å². The molecule has 1 aromatic carbocycles. The van der Waals surface area contributed by atoms with Crippen molar-refractivity contribution in [1.29, 1.82) is 0 Å². The van der Waals surface area contributed by atoms with Gasteiger partial charge < -0.3 is 24.7 Å². The van der Waals surface area contributed by atoms with E-state index in [9.17, 15) is 32.7 Å². The van der Waals surface area contributed by atoms with E-state index in [1.54, 1.807) is 9.80 Å². The quantitative estimate of drug-likeness (QED) is 0.360. The van der Waals surface area contributed by atoms with Crippen LogP contribution in [0.2, 0.25) is 5.02 Å². The Morgan fingerprint density at radius 3 is 2.32 bits per heavy atom. The number of carbonyl (C=O) groups excluding carboxylic acids is 3. The molecule has 4 aliphatic rings. The zero-order valence-electron chi connectivity index (χ0n) is 26.2. The van der Waals surface area contributed by atoms with Gasteiger partial charge in [-0.15, -0.1) is 11.3 Å². The summed E-state index contributed by atoms with van der Waals surface area (Å²) in [4.78, 5) is 48.2. The molecule has 0 aliphatic carbocycles. The van der Waals surface area contributed by atoms with E-state index in [0.717, 1.165) is 42.6 Å². The second-order valence-electron chi connectivity index (χ2n) is 13.2. The maximum absolute atomic E-state index is 14.0. The van der Waals surface area contributed by atoms with Gasteiger partial charge in [-0.3, -0.25) is 14.9 Å². The summed E-state index contributed by atoms with van der Waals surface area (Å²) in [5.41, 5.74) is -0.0622. The summed E-state index contributed by atoms with van der Waals surface area (Å²) < 4.78 is 41.1. The Balaban J connectivity index is 1.13. The van der Waals surface area contributed by atoms with Gasteiger partial charge in [-0.25, -0.2) is 4.79 Å². The standard InChI is InChI=1S/C33H41ClF3N5O4S/c34-27-18-21(17-26(29(27)44)33(35,36)37)16-23(31(45)41-13-4-24(5-14-41)39-9-2-1-3-10-39)19-28(43)40-11-6-25(7-12-40)42-20-22-8-15-47-30(22)38-32(42)46/h8,15,17-18,23-25,44H,1-7,9-14,16,19-20H2,(H,38,46)/t23-/m0/s1. The van der Waals surface area contributed by atoms with E-state index in [2.05, 4.69) is 10.2 Å². The van der Waals surface area contributed by atoms with E-state index in [1.165, 1.54) is 36.7 Å². The molecule has 0 saturated carbocycles. The predicted molar refractivity (Wildman–Crippen MR) is 173 cm³/mol. The number of benzene rings is 1. The highest BCUT2D eigenvalue weighted by Gasteiger charge is 2.38. The van der Waals surface area contributed by atoms with Gasteiger partial charge in [0.15, 0.2) is 0 Å². The van der Waals surface area contributed by atoms with E-state index < -0.39 is 28.4 Å². The molecule has 47 heavy (non-hydrogen) atoms. The number of fused-ring (bicyclic) bond motifs is 1. The molecule has 0 unspecified atom stereocenters. The average Bonchev–Trinajstić information content (AvgIpc) is 3.52. The number of phenolic OH excluding ortho intramolecular Hbond substituents is 1. The maximum Gasteiger partial charge on any atom is 0.420 e. The van der Waals surface area contributed by atoms with Crippen LogP contribution in [0.4, 0.5) is 23.0 Å². The number of carbonyl (C=O) groups is 3. The minimum absolute atomic E-state index is 0.0364. The number of phenols is 1. The van der Waals surface area contributed by atoms with Crippen molar-refractivity contribution < 1.29 is 32.7 Å². The molecule has 256 valence electrons. The number of piperidine rings is 3. The summed E-state index contributed by atoms with van der Waals surface area (Å²) in [6.45, 7) is 4.53. The summed E-state index contributed by atoms with van der Waals surface area (Å²) in [5.74, 6) is -2.44. The number of hydrogen-bond donors (Lipinski definition) is 2. The lowest BCUT2D eigenvalue weighted by Crippen LogP contribution is -2.52. The molecule has 5 heterocycles. The fourth-order valence-electron chi connectivity index (χ4n) is 7.57. The SMILES string of the molecule is O=C(C[C@H](Cc1cc(Cl)c(O)c(C(F)(F)F)c1)C(=O)N1CCC(N2CCCCC2)CC1)N1CCC(N2Cc3ccsc3NC2=O)CC1. The number of anilines is 1. The molecule has 0 radical (unpaired) electrons. The predicted octanol–water partition coefficient (Wildman–Crippen LogP) is 6.19. The third-order valence-electron chi connectivity index (χ3n) is 10.2. The summed E-state index contributed by atoms with van der Waals surface area (Å²) >= 11 is 7.50. The number of alkyl halides is 3. The number of thiophene rings is 1. The molecular weight excluding hydrogens is 655 g/mol. The molecule has 0 bridgehead atoms. The Kier molecular flexibility index (Phi) is 10.2. The van der Waals surface area contributed by atoms with Crippen LogP contribution in [0.3, 0.4) is 0 Å². The number of likely N-dealkylation sites (tertiary alicyclic amines) is 3. The van der Waals surface area contributed by atoms with Gasteiger partial charge in [0, 0.05) is 50.2 Å². The van der Waals surface area contributed by atoms with Crippen molar-refractivity contribution in [2.75, 3.05) is 44.6 Å². The van der Waals surface area contributed by atoms with Gasteiger partial charge in [0.05, 0.1) is 23.0 Å². The lowest BCUT2D eigenvalue weighted by Gasteiger charge is -2.41. The van der Waals surface area contributed by atoms with Gasteiger partial charge >= 0.3 is 12.2 Å². The molecule has 14 heteroatoms. The normalized spacial score (nSPS) is 21.0. The number of hydrogen-bond acceptors (Lipinski definition) is 6. The first-order valence-electron chi connectivity index (χ1n) is 16.5. The molecule has 6 rings (SSSR count). The molecule has 3 fully saturated rings. The van der Waals surface area contributed by atoms with Crippen molar-refractivity contribution in [3.63, 3.8) is 0 Å². The Labute approximate surface area is 281 Å². The fraction of sp³-hybridized carbons (Fsp3) is 0.606. The van der Waals surface area contributed by atoms with E-state index in [-0.39, 0.29) is 42.3 Å². The van der Waals surface area contributed by atoms with Crippen molar-refractivity contribution >= 4 is 45.8 Å². The third-order valence-corrected chi connectivity index (χ3v) is 11.4. The molecule has 1 aromatic heterocycles. The fourth-order valence-corrected chi connectivity index (χ4v) is 8.61. The number of urea groups is 1. The highest BCUT2D eigenvalue weighted by Crippen LogP contribution is 2.41. The summed E-state index contributed by atoms with van der Waals surface area (Å²) in [6.07, 6.45) is 1.30. The number of nitrogens with one attached hydrogen (secondary N) is 1. The minimum Gasteiger partial charge on any atom is -0.506 e. The minimum atomic E-state index is -4.84. The first-order valence-corrected chi connectivity index (χ1v) is 17.8. The van der Waals surface area contributed by atoms with E-state index in [4.69, 9.17) is 11.6 Å². The number of nitrogens with zero attached hydrogens (tertiary/aromatic N) is 4. The Morgan fingerprint density at radius 2 is 1.64 bits per heavy atom. The van der Waals surface area contributed by atoms with E-state index in [1.807, 2.05) is 16.3 Å². The molecule has 9 nitrogen and oxygen atoms in total. The first kappa shape index (κ1) is 33.9. The van der Waals surface area contributed by atoms with E-state index >= 15 is 0 Å². The molecule has 3 saturated heterocycles. The Bertz CT molecular complexity index is 1470. The molecule has 4 amide bonds. The monoisotopic (exact) mass is 695 g/mol. The molecule has 0 spiro atoms.